The lowest BCUT2D eigenvalue weighted by Gasteiger charge is -2.26. The number of carbonyl (C=O) groups excluding carboxylic acids is 5. The summed E-state index contributed by atoms with van der Waals surface area (Å²) in [7, 11) is 0. The van der Waals surface area contributed by atoms with Crippen molar-refractivity contribution in [1.29, 1.82) is 0 Å². The molecule has 0 aliphatic heterocycles. The lowest BCUT2D eigenvalue weighted by Crippen LogP contribution is -2.38. The molecule has 0 saturated heterocycles. The number of aromatic nitrogens is 3. The van der Waals surface area contributed by atoms with Crippen molar-refractivity contribution in [2.24, 2.45) is 11.7 Å². The average Bonchev–Trinajstić information content (AvgIpc) is 3.24. The van der Waals surface area contributed by atoms with Crippen molar-refractivity contribution >= 4 is 46.6 Å². The van der Waals surface area contributed by atoms with Crippen LogP contribution in [0.25, 0.3) is 11.0 Å². The van der Waals surface area contributed by atoms with Crippen LogP contribution in [0.2, 0.25) is 0 Å². The number of nitrogens with one attached hydrogen (secondary N) is 1. The summed E-state index contributed by atoms with van der Waals surface area (Å²) in [5.41, 5.74) is 5.91. The largest absolute Gasteiger partial charge is 0.465 e. The lowest BCUT2D eigenvalue weighted by molar-refractivity contribution is -0.168. The maximum absolute atomic E-state index is 12.3. The van der Waals surface area contributed by atoms with E-state index >= 15 is 0 Å². The predicted molar refractivity (Wildman–Crippen MR) is 120 cm³/mol. The number of hydrogen-bond acceptors (Lipinski definition) is 10. The highest BCUT2D eigenvalue weighted by Gasteiger charge is 2.49. The van der Waals surface area contributed by atoms with Crippen LogP contribution >= 0.6 is 0 Å². The number of fused-ring (bicyclic) bond motifs is 1. The Balaban J connectivity index is 2.21. The van der Waals surface area contributed by atoms with E-state index in [2.05, 4.69) is 15.3 Å². The van der Waals surface area contributed by atoms with Gasteiger partial charge in [-0.1, -0.05) is 0 Å². The second kappa shape index (κ2) is 10.1. The molecule has 0 unspecified atom stereocenters. The number of esters is 3. The van der Waals surface area contributed by atoms with E-state index in [-0.39, 0.29) is 35.4 Å². The molecule has 4 atom stereocenters. The van der Waals surface area contributed by atoms with Crippen LogP contribution in [-0.4, -0.2) is 63.1 Å². The van der Waals surface area contributed by atoms with Gasteiger partial charge in [0.1, 0.15) is 23.4 Å². The molecule has 35 heavy (non-hydrogen) atoms. The van der Waals surface area contributed by atoms with Crippen LogP contribution in [0.1, 0.15) is 56.3 Å². The number of primary amides is 1. The van der Waals surface area contributed by atoms with E-state index in [1.54, 1.807) is 11.5 Å². The first-order valence-electron chi connectivity index (χ1n) is 10.8. The minimum Gasteiger partial charge on any atom is -0.465 e. The normalized spacial score (nSPS) is 21.4. The first kappa shape index (κ1) is 25.6. The fourth-order valence-electron chi connectivity index (χ4n) is 4.37. The molecule has 0 bridgehead atoms. The van der Waals surface area contributed by atoms with E-state index in [4.69, 9.17) is 19.9 Å². The summed E-state index contributed by atoms with van der Waals surface area (Å²) in [5.74, 6) is -3.09. The van der Waals surface area contributed by atoms with Crippen molar-refractivity contribution < 1.29 is 38.2 Å². The topological polar surface area (TPSA) is 182 Å². The van der Waals surface area contributed by atoms with Gasteiger partial charge in [-0.15, -0.1) is 0 Å². The van der Waals surface area contributed by atoms with Gasteiger partial charge in [0.2, 0.25) is 5.91 Å². The fraction of sp³-hybridized carbons (Fsp3) is 0.500. The van der Waals surface area contributed by atoms with E-state index < -0.39 is 53.9 Å². The quantitative estimate of drug-likeness (QED) is 0.416. The number of ether oxygens (including phenoxy) is 3. The smallest absolute Gasteiger partial charge is 0.303 e. The van der Waals surface area contributed by atoms with Gasteiger partial charge in [-0.3, -0.25) is 24.0 Å². The molecule has 0 radical (unpaired) electrons. The lowest BCUT2D eigenvalue weighted by atomic mass is 10.1. The van der Waals surface area contributed by atoms with Gasteiger partial charge >= 0.3 is 17.9 Å². The van der Waals surface area contributed by atoms with Crippen LogP contribution in [0.4, 0.5) is 5.82 Å². The van der Waals surface area contributed by atoms with Gasteiger partial charge in [0.25, 0.3) is 5.91 Å². The Morgan fingerprint density at radius 2 is 1.66 bits per heavy atom. The standard InChI is InChI=1S/C22H27N5O8/c1-9-24-21(26-10(2)28)17-15(20(23)32)7-27(22(17)25-9)16-6-14(8-33-11(3)29)18(34-12(4)30)19(16)35-13(5)31/h7,14,16,18-19H,6,8H2,1-5H3,(H2,23,32)(H,24,25,26,28)/t14-,16-,18-,19+/m1/s1. The van der Waals surface area contributed by atoms with E-state index in [0.717, 1.165) is 0 Å². The molecule has 13 heteroatoms. The molecule has 3 rings (SSSR count). The van der Waals surface area contributed by atoms with Gasteiger partial charge in [-0.05, 0) is 13.3 Å². The first-order chi connectivity index (χ1) is 16.4. The SMILES string of the molecule is CC(=O)Nc1nc(C)nc2c1c(C(N)=O)cn2[C@@H]1C[C@H](COC(C)=O)[C@@H](OC(C)=O)[C@H]1OC(C)=O. The molecule has 3 N–H and O–H groups in total. The second-order valence-electron chi connectivity index (χ2n) is 8.33. The third kappa shape index (κ3) is 5.55. The van der Waals surface area contributed by atoms with Gasteiger partial charge in [0, 0.05) is 39.8 Å². The maximum Gasteiger partial charge on any atom is 0.303 e. The minimum absolute atomic E-state index is 0.0396. The van der Waals surface area contributed by atoms with Crippen LogP contribution < -0.4 is 11.1 Å². The molecular formula is C22H27N5O8. The number of carbonyl (C=O) groups is 5. The van der Waals surface area contributed by atoms with Gasteiger partial charge in [0.05, 0.1) is 23.6 Å². The van der Waals surface area contributed by atoms with Gasteiger partial charge in [0.15, 0.2) is 6.10 Å². The highest BCUT2D eigenvalue weighted by atomic mass is 16.6. The summed E-state index contributed by atoms with van der Waals surface area (Å²) in [4.78, 5) is 68.0. The Morgan fingerprint density at radius 3 is 2.20 bits per heavy atom. The third-order valence-corrected chi connectivity index (χ3v) is 5.52. The molecule has 1 aliphatic carbocycles. The van der Waals surface area contributed by atoms with Crippen LogP contribution in [0.5, 0.6) is 0 Å². The number of hydrogen-bond donors (Lipinski definition) is 2. The molecule has 1 fully saturated rings. The van der Waals surface area contributed by atoms with E-state index in [9.17, 15) is 24.0 Å². The zero-order valence-corrected chi connectivity index (χ0v) is 20.0. The third-order valence-electron chi connectivity index (χ3n) is 5.52. The van der Waals surface area contributed by atoms with Crippen molar-refractivity contribution in [3.63, 3.8) is 0 Å². The Bertz CT molecular complexity index is 1210. The summed E-state index contributed by atoms with van der Waals surface area (Å²) in [6.07, 6.45) is -0.253. The molecular weight excluding hydrogens is 462 g/mol. The predicted octanol–water partition coefficient (Wildman–Crippen LogP) is 0.785. The van der Waals surface area contributed by atoms with Crippen LogP contribution in [0, 0.1) is 12.8 Å². The molecule has 2 amide bonds. The van der Waals surface area contributed by atoms with Crippen molar-refractivity contribution in [3.05, 3.63) is 17.6 Å². The Morgan fingerprint density at radius 1 is 1.03 bits per heavy atom. The first-order valence-corrected chi connectivity index (χ1v) is 10.8. The van der Waals surface area contributed by atoms with E-state index in [1.807, 2.05) is 0 Å². The molecule has 2 aromatic heterocycles. The number of amides is 2. The average molecular weight is 489 g/mol. The number of nitrogens with zero attached hydrogens (tertiary/aromatic N) is 3. The number of nitrogens with two attached hydrogens (primary N) is 1. The van der Waals surface area contributed by atoms with Crippen molar-refractivity contribution in [1.82, 2.24) is 14.5 Å². The summed E-state index contributed by atoms with van der Waals surface area (Å²) >= 11 is 0. The zero-order chi connectivity index (χ0) is 26.0. The fourth-order valence-corrected chi connectivity index (χ4v) is 4.37. The van der Waals surface area contributed by atoms with Crippen molar-refractivity contribution in [2.75, 3.05) is 11.9 Å². The Hall–Kier alpha value is -4.03. The molecule has 188 valence electrons. The molecule has 2 heterocycles. The molecule has 1 aliphatic rings. The maximum atomic E-state index is 12.3. The summed E-state index contributed by atoms with van der Waals surface area (Å²) in [6.45, 7) is 6.49. The number of anilines is 1. The summed E-state index contributed by atoms with van der Waals surface area (Å²) in [6, 6.07) is -0.682. The van der Waals surface area contributed by atoms with Gasteiger partial charge in [-0.25, -0.2) is 9.97 Å². The molecule has 0 spiro atoms. The minimum atomic E-state index is -0.993. The van der Waals surface area contributed by atoms with Crippen LogP contribution in [0.3, 0.4) is 0 Å². The zero-order valence-electron chi connectivity index (χ0n) is 20.0. The monoisotopic (exact) mass is 489 g/mol. The molecule has 2 aromatic rings. The van der Waals surface area contributed by atoms with Crippen LogP contribution in [-0.2, 0) is 33.4 Å². The Labute approximate surface area is 200 Å². The van der Waals surface area contributed by atoms with Gasteiger partial charge in [-0.2, -0.15) is 0 Å². The summed E-state index contributed by atoms with van der Waals surface area (Å²) < 4.78 is 17.8. The van der Waals surface area contributed by atoms with E-state index in [1.165, 1.54) is 33.9 Å². The molecule has 13 nitrogen and oxygen atoms in total. The highest BCUT2D eigenvalue weighted by molar-refractivity contribution is 6.11. The van der Waals surface area contributed by atoms with Crippen LogP contribution in [0.15, 0.2) is 6.20 Å². The summed E-state index contributed by atoms with van der Waals surface area (Å²) in [5, 5.41) is 2.80. The number of rotatable bonds is 7. The van der Waals surface area contributed by atoms with Crippen molar-refractivity contribution in [3.8, 4) is 0 Å². The van der Waals surface area contributed by atoms with Gasteiger partial charge < -0.3 is 29.8 Å². The second-order valence-corrected chi connectivity index (χ2v) is 8.33. The molecule has 1 saturated carbocycles. The highest BCUT2D eigenvalue weighted by Crippen LogP contribution is 2.42. The Kier molecular flexibility index (Phi) is 7.37. The van der Waals surface area contributed by atoms with Crippen molar-refractivity contribution in [2.45, 2.75) is 59.3 Å². The molecule has 0 aromatic carbocycles. The van der Waals surface area contributed by atoms with E-state index in [0.29, 0.717) is 5.82 Å². The number of aryl methyl sites for hydroxylation is 1.